The lowest BCUT2D eigenvalue weighted by atomic mass is 9.96. The summed E-state index contributed by atoms with van der Waals surface area (Å²) in [6, 6.07) is 21.5. The number of hydrogen-bond donors (Lipinski definition) is 3. The summed E-state index contributed by atoms with van der Waals surface area (Å²) in [5, 5.41) is 13.7. The number of amides is 1. The number of nitrogens with one attached hydrogen (secondary N) is 1. The Morgan fingerprint density at radius 2 is 1.76 bits per heavy atom. The highest BCUT2D eigenvalue weighted by atomic mass is 32.1. The highest BCUT2D eigenvalue weighted by Crippen LogP contribution is 2.36. The van der Waals surface area contributed by atoms with Crippen molar-refractivity contribution >= 4 is 24.2 Å². The van der Waals surface area contributed by atoms with Crippen LogP contribution in [0.1, 0.15) is 62.1 Å². The average molecular weight is 479 g/mol. The molecule has 6 heteroatoms. The Kier molecular flexibility index (Phi) is 9.16. The molecule has 0 radical (unpaired) electrons. The summed E-state index contributed by atoms with van der Waals surface area (Å²) < 4.78 is 5.71. The fourth-order valence-electron chi connectivity index (χ4n) is 3.92. The SMILES string of the molecule is CC.CC(C)c1ccccc1CN1C(=O)COc2cc(C(O)NCc3ccc(S)cc3)ccc21. The molecular formula is C28H34N2O3S. The van der Waals surface area contributed by atoms with E-state index < -0.39 is 6.23 Å². The van der Waals surface area contributed by atoms with Crippen molar-refractivity contribution in [1.29, 1.82) is 0 Å². The van der Waals surface area contributed by atoms with Gasteiger partial charge in [-0.3, -0.25) is 10.1 Å². The van der Waals surface area contributed by atoms with E-state index in [9.17, 15) is 9.90 Å². The van der Waals surface area contributed by atoms with Crippen LogP contribution < -0.4 is 15.0 Å². The maximum Gasteiger partial charge on any atom is 0.265 e. The summed E-state index contributed by atoms with van der Waals surface area (Å²) in [6.07, 6.45) is -0.854. The highest BCUT2D eigenvalue weighted by Gasteiger charge is 2.27. The van der Waals surface area contributed by atoms with Crippen molar-refractivity contribution < 1.29 is 14.6 Å². The topological polar surface area (TPSA) is 61.8 Å². The second kappa shape index (κ2) is 12.1. The van der Waals surface area contributed by atoms with Gasteiger partial charge < -0.3 is 14.7 Å². The van der Waals surface area contributed by atoms with Gasteiger partial charge in [0.1, 0.15) is 12.0 Å². The van der Waals surface area contributed by atoms with Gasteiger partial charge in [-0.05, 0) is 52.4 Å². The lowest BCUT2D eigenvalue weighted by Gasteiger charge is -2.31. The molecule has 0 fully saturated rings. The molecule has 0 saturated heterocycles. The van der Waals surface area contributed by atoms with E-state index in [1.165, 1.54) is 5.56 Å². The van der Waals surface area contributed by atoms with Gasteiger partial charge in [-0.1, -0.05) is 70.2 Å². The second-order valence-electron chi connectivity index (χ2n) is 8.30. The molecule has 0 aliphatic carbocycles. The van der Waals surface area contributed by atoms with E-state index in [4.69, 9.17) is 4.74 Å². The number of carbonyl (C=O) groups is 1. The molecule has 2 N–H and O–H groups in total. The summed E-state index contributed by atoms with van der Waals surface area (Å²) in [7, 11) is 0. The van der Waals surface area contributed by atoms with Gasteiger partial charge in [0.25, 0.3) is 5.91 Å². The van der Waals surface area contributed by atoms with E-state index >= 15 is 0 Å². The third-order valence-electron chi connectivity index (χ3n) is 5.68. The van der Waals surface area contributed by atoms with Gasteiger partial charge in [0, 0.05) is 11.4 Å². The largest absolute Gasteiger partial charge is 0.482 e. The number of fused-ring (bicyclic) bond motifs is 1. The second-order valence-corrected chi connectivity index (χ2v) is 8.82. The van der Waals surface area contributed by atoms with Gasteiger partial charge in [0.2, 0.25) is 0 Å². The fraction of sp³-hybridized carbons (Fsp3) is 0.321. The van der Waals surface area contributed by atoms with E-state index in [0.717, 1.165) is 21.7 Å². The van der Waals surface area contributed by atoms with E-state index in [-0.39, 0.29) is 12.5 Å². The minimum Gasteiger partial charge on any atom is -0.482 e. The molecule has 1 aliphatic rings. The number of benzene rings is 3. The quantitative estimate of drug-likeness (QED) is 0.295. The molecule has 0 saturated carbocycles. The molecule has 1 heterocycles. The van der Waals surface area contributed by atoms with E-state index in [1.54, 1.807) is 11.0 Å². The van der Waals surface area contributed by atoms with Crippen molar-refractivity contribution in [3.63, 3.8) is 0 Å². The van der Waals surface area contributed by atoms with Crippen LogP contribution in [-0.2, 0) is 17.9 Å². The molecule has 4 rings (SSSR count). The van der Waals surface area contributed by atoms with Crippen LogP contribution >= 0.6 is 12.6 Å². The van der Waals surface area contributed by atoms with Crippen molar-refractivity contribution in [3.8, 4) is 5.75 Å². The zero-order valence-corrected chi connectivity index (χ0v) is 21.2. The number of anilines is 1. The standard InChI is InChI=1S/C26H28N2O3S.C2H6/c1-17(2)22-6-4-3-5-20(22)15-28-23-12-9-19(13-24(23)31-16-25(28)29)26(30)27-14-18-7-10-21(32)11-8-18;1-2/h3-13,17,26-27,30,32H,14-16H2,1-2H3;1-2H3. The zero-order chi connectivity index (χ0) is 24.7. The summed E-state index contributed by atoms with van der Waals surface area (Å²) >= 11 is 4.29. The molecule has 0 aromatic heterocycles. The first-order chi connectivity index (χ1) is 16.4. The van der Waals surface area contributed by atoms with Crippen molar-refractivity contribution in [1.82, 2.24) is 5.32 Å². The predicted molar refractivity (Wildman–Crippen MR) is 140 cm³/mol. The van der Waals surface area contributed by atoms with Crippen LogP contribution in [0.15, 0.2) is 71.6 Å². The van der Waals surface area contributed by atoms with Crippen molar-refractivity contribution in [2.45, 2.75) is 57.8 Å². The van der Waals surface area contributed by atoms with Crippen LogP contribution in [0.25, 0.3) is 0 Å². The maximum atomic E-state index is 12.7. The number of rotatable bonds is 7. The molecule has 0 bridgehead atoms. The smallest absolute Gasteiger partial charge is 0.265 e. The lowest BCUT2D eigenvalue weighted by Crippen LogP contribution is -2.38. The van der Waals surface area contributed by atoms with Gasteiger partial charge in [-0.2, -0.15) is 0 Å². The third kappa shape index (κ3) is 6.20. The summed E-state index contributed by atoms with van der Waals surface area (Å²) in [5.41, 5.74) is 4.82. The van der Waals surface area contributed by atoms with Crippen molar-refractivity contribution in [2.24, 2.45) is 0 Å². The predicted octanol–water partition coefficient (Wildman–Crippen LogP) is 5.83. The van der Waals surface area contributed by atoms with Crippen LogP contribution in [0.5, 0.6) is 5.75 Å². The summed E-state index contributed by atoms with van der Waals surface area (Å²) in [6.45, 7) is 9.30. The van der Waals surface area contributed by atoms with E-state index in [1.807, 2.05) is 62.4 Å². The molecule has 1 atom stereocenters. The zero-order valence-electron chi connectivity index (χ0n) is 20.3. The first-order valence-corrected chi connectivity index (χ1v) is 12.2. The number of aliphatic hydroxyl groups is 1. The Morgan fingerprint density at radius 3 is 2.47 bits per heavy atom. The number of carbonyl (C=O) groups excluding carboxylic acids is 1. The normalized spacial score (nSPS) is 13.6. The number of aliphatic hydroxyl groups excluding tert-OH is 1. The van der Waals surface area contributed by atoms with Gasteiger partial charge in [-0.25, -0.2) is 0 Å². The molecule has 3 aromatic rings. The number of hydrogen-bond acceptors (Lipinski definition) is 5. The minimum absolute atomic E-state index is 0.0140. The lowest BCUT2D eigenvalue weighted by molar-refractivity contribution is -0.121. The Hall–Kier alpha value is -2.80. The highest BCUT2D eigenvalue weighted by molar-refractivity contribution is 7.80. The Balaban J connectivity index is 0.00000158. The fourth-order valence-corrected chi connectivity index (χ4v) is 4.07. The molecule has 180 valence electrons. The molecule has 5 nitrogen and oxygen atoms in total. The maximum absolute atomic E-state index is 12.7. The molecule has 1 unspecified atom stereocenters. The van der Waals surface area contributed by atoms with Crippen LogP contribution in [0.4, 0.5) is 5.69 Å². The average Bonchev–Trinajstić information content (AvgIpc) is 2.86. The summed E-state index contributed by atoms with van der Waals surface area (Å²) in [5.74, 6) is 0.897. The molecule has 3 aromatic carbocycles. The molecule has 1 aliphatic heterocycles. The Morgan fingerprint density at radius 1 is 1.06 bits per heavy atom. The monoisotopic (exact) mass is 478 g/mol. The van der Waals surface area contributed by atoms with Gasteiger partial charge >= 0.3 is 0 Å². The third-order valence-corrected chi connectivity index (χ3v) is 5.98. The van der Waals surface area contributed by atoms with Gasteiger partial charge in [0.05, 0.1) is 12.2 Å². The first-order valence-electron chi connectivity index (χ1n) is 11.8. The Labute approximate surface area is 208 Å². The van der Waals surface area contributed by atoms with Crippen LogP contribution in [0.3, 0.4) is 0 Å². The summed E-state index contributed by atoms with van der Waals surface area (Å²) in [4.78, 5) is 15.3. The van der Waals surface area contributed by atoms with Crippen LogP contribution in [-0.4, -0.2) is 17.6 Å². The van der Waals surface area contributed by atoms with Crippen LogP contribution in [0, 0.1) is 0 Å². The van der Waals surface area contributed by atoms with Gasteiger partial charge in [-0.15, -0.1) is 12.6 Å². The minimum atomic E-state index is -0.854. The molecule has 34 heavy (non-hydrogen) atoms. The number of thiol groups is 1. The molecule has 0 spiro atoms. The molecular weight excluding hydrogens is 444 g/mol. The van der Waals surface area contributed by atoms with Crippen molar-refractivity contribution in [2.75, 3.05) is 11.5 Å². The molecule has 1 amide bonds. The van der Waals surface area contributed by atoms with E-state index in [2.05, 4.69) is 43.9 Å². The number of nitrogens with zero attached hydrogens (tertiary/aromatic N) is 1. The van der Waals surface area contributed by atoms with Gasteiger partial charge in [0.15, 0.2) is 6.61 Å². The van der Waals surface area contributed by atoms with Crippen LogP contribution in [0.2, 0.25) is 0 Å². The van der Waals surface area contributed by atoms with Crippen molar-refractivity contribution in [3.05, 3.63) is 89.0 Å². The first kappa shape index (κ1) is 25.8. The number of ether oxygens (including phenoxy) is 1. The van der Waals surface area contributed by atoms with E-state index in [0.29, 0.717) is 30.3 Å². The Bertz CT molecular complexity index is 1100.